The monoisotopic (exact) mass is 384 g/mol. The third-order valence-corrected chi connectivity index (χ3v) is 5.09. The lowest BCUT2D eigenvalue weighted by atomic mass is 10.1. The summed E-state index contributed by atoms with van der Waals surface area (Å²) < 4.78 is 2.38. The standard InChI is InChI=1S/C19H20N4OS2/c1-13-6-5-7-14(12-13)18-21-22-19(25)23(18)11-10-17(24)20-15-8-3-4-9-16(15)26-2/h3-9,12H,10-11H2,1-2H3,(H,20,24)(H,22,25). The first-order valence-electron chi connectivity index (χ1n) is 8.23. The molecule has 0 saturated carbocycles. The van der Waals surface area contributed by atoms with E-state index in [2.05, 4.69) is 21.6 Å². The molecule has 0 radical (unpaired) electrons. The van der Waals surface area contributed by atoms with Crippen LogP contribution < -0.4 is 5.32 Å². The number of amides is 1. The molecule has 0 bridgehead atoms. The van der Waals surface area contributed by atoms with Crippen molar-refractivity contribution in [2.45, 2.75) is 24.8 Å². The van der Waals surface area contributed by atoms with E-state index in [1.54, 1.807) is 11.8 Å². The van der Waals surface area contributed by atoms with E-state index < -0.39 is 0 Å². The Balaban J connectivity index is 1.73. The van der Waals surface area contributed by atoms with Crippen molar-refractivity contribution in [2.75, 3.05) is 11.6 Å². The van der Waals surface area contributed by atoms with Crippen LogP contribution in [-0.4, -0.2) is 26.9 Å². The van der Waals surface area contributed by atoms with Gasteiger partial charge in [0.05, 0.1) is 5.69 Å². The lowest BCUT2D eigenvalue weighted by Crippen LogP contribution is -2.15. The van der Waals surface area contributed by atoms with Gasteiger partial charge in [-0.05, 0) is 43.6 Å². The fourth-order valence-electron chi connectivity index (χ4n) is 2.70. The van der Waals surface area contributed by atoms with Crippen LogP contribution in [0, 0.1) is 11.7 Å². The summed E-state index contributed by atoms with van der Waals surface area (Å²) in [7, 11) is 0. The molecule has 3 rings (SSSR count). The zero-order valence-corrected chi connectivity index (χ0v) is 16.3. The van der Waals surface area contributed by atoms with Crippen molar-refractivity contribution >= 4 is 35.6 Å². The Bertz CT molecular complexity index is 977. The maximum absolute atomic E-state index is 12.4. The minimum absolute atomic E-state index is 0.0511. The van der Waals surface area contributed by atoms with Crippen molar-refractivity contribution in [1.29, 1.82) is 0 Å². The number of carbonyl (C=O) groups excluding carboxylic acids is 1. The third-order valence-electron chi connectivity index (χ3n) is 3.98. The van der Waals surface area contributed by atoms with Crippen molar-refractivity contribution in [1.82, 2.24) is 14.8 Å². The first kappa shape index (κ1) is 18.4. The van der Waals surface area contributed by atoms with Crippen LogP contribution in [0.1, 0.15) is 12.0 Å². The van der Waals surface area contributed by atoms with Gasteiger partial charge in [0.25, 0.3) is 0 Å². The Morgan fingerprint density at radius 2 is 2.08 bits per heavy atom. The largest absolute Gasteiger partial charge is 0.325 e. The van der Waals surface area contributed by atoms with Gasteiger partial charge in [-0.15, -0.1) is 11.8 Å². The molecule has 3 aromatic rings. The van der Waals surface area contributed by atoms with Gasteiger partial charge in [-0.1, -0.05) is 35.9 Å². The summed E-state index contributed by atoms with van der Waals surface area (Å²) in [5.41, 5.74) is 2.96. The van der Waals surface area contributed by atoms with Gasteiger partial charge in [0.2, 0.25) is 5.91 Å². The van der Waals surface area contributed by atoms with Gasteiger partial charge in [0.15, 0.2) is 10.6 Å². The summed E-state index contributed by atoms with van der Waals surface area (Å²) in [5, 5.41) is 10.1. The lowest BCUT2D eigenvalue weighted by molar-refractivity contribution is -0.116. The maximum Gasteiger partial charge on any atom is 0.226 e. The second-order valence-electron chi connectivity index (χ2n) is 5.87. The molecule has 7 heteroatoms. The van der Waals surface area contributed by atoms with Crippen LogP contribution in [0.15, 0.2) is 53.4 Å². The van der Waals surface area contributed by atoms with Gasteiger partial charge in [-0.25, -0.2) is 0 Å². The van der Waals surface area contributed by atoms with Gasteiger partial charge >= 0.3 is 0 Å². The number of hydrogen-bond donors (Lipinski definition) is 2. The van der Waals surface area contributed by atoms with Crippen molar-refractivity contribution in [3.63, 3.8) is 0 Å². The Morgan fingerprint density at radius 1 is 1.27 bits per heavy atom. The number of thioether (sulfide) groups is 1. The highest BCUT2D eigenvalue weighted by Crippen LogP contribution is 2.25. The molecule has 1 amide bonds. The highest BCUT2D eigenvalue weighted by molar-refractivity contribution is 7.98. The second kappa shape index (κ2) is 8.33. The highest BCUT2D eigenvalue weighted by atomic mass is 32.2. The predicted molar refractivity (Wildman–Crippen MR) is 109 cm³/mol. The second-order valence-corrected chi connectivity index (χ2v) is 7.11. The van der Waals surface area contributed by atoms with E-state index >= 15 is 0 Å². The molecule has 0 saturated heterocycles. The molecule has 0 aliphatic rings. The minimum Gasteiger partial charge on any atom is -0.325 e. The highest BCUT2D eigenvalue weighted by Gasteiger charge is 2.12. The van der Waals surface area contributed by atoms with Crippen LogP contribution in [-0.2, 0) is 11.3 Å². The fourth-order valence-corrected chi connectivity index (χ4v) is 3.48. The van der Waals surface area contributed by atoms with E-state index in [4.69, 9.17) is 12.2 Å². The van der Waals surface area contributed by atoms with Crippen LogP contribution in [0.5, 0.6) is 0 Å². The molecule has 2 N–H and O–H groups in total. The summed E-state index contributed by atoms with van der Waals surface area (Å²) in [4.78, 5) is 13.4. The maximum atomic E-state index is 12.4. The van der Waals surface area contributed by atoms with Crippen LogP contribution in [0.4, 0.5) is 5.69 Å². The van der Waals surface area contributed by atoms with Crippen LogP contribution >= 0.6 is 24.0 Å². The molecule has 1 aromatic heterocycles. The molecule has 0 aliphatic carbocycles. The number of para-hydroxylation sites is 1. The SMILES string of the molecule is CSc1ccccc1NC(=O)CCn1c(-c2cccc(C)c2)n[nH]c1=S. The number of aryl methyl sites for hydroxylation is 1. The predicted octanol–water partition coefficient (Wildman–Crippen LogP) is 4.67. The van der Waals surface area contributed by atoms with Crippen LogP contribution in [0.2, 0.25) is 0 Å². The number of nitrogens with zero attached hydrogens (tertiary/aromatic N) is 2. The number of rotatable bonds is 6. The number of nitrogens with one attached hydrogen (secondary N) is 2. The molecule has 5 nitrogen and oxygen atoms in total. The Labute approximate surface area is 161 Å². The molecular weight excluding hydrogens is 364 g/mol. The van der Waals surface area contributed by atoms with E-state index in [1.165, 1.54) is 0 Å². The van der Waals surface area contributed by atoms with Crippen LogP contribution in [0.3, 0.4) is 0 Å². The first-order valence-corrected chi connectivity index (χ1v) is 9.87. The van der Waals surface area contributed by atoms with Gasteiger partial charge in [0, 0.05) is 23.4 Å². The smallest absolute Gasteiger partial charge is 0.226 e. The van der Waals surface area contributed by atoms with Crippen molar-refractivity contribution in [3.8, 4) is 11.4 Å². The number of aromatic amines is 1. The summed E-state index contributed by atoms with van der Waals surface area (Å²) in [6.07, 6.45) is 2.30. The van der Waals surface area contributed by atoms with Crippen LogP contribution in [0.25, 0.3) is 11.4 Å². The molecule has 0 atom stereocenters. The molecule has 134 valence electrons. The molecule has 0 unspecified atom stereocenters. The molecule has 1 heterocycles. The number of hydrogen-bond acceptors (Lipinski definition) is 4. The van der Waals surface area contributed by atoms with E-state index in [1.807, 2.05) is 60.2 Å². The molecular formula is C19H20N4OS2. The average molecular weight is 385 g/mol. The Hall–Kier alpha value is -2.38. The van der Waals surface area contributed by atoms with E-state index in [0.29, 0.717) is 17.7 Å². The van der Waals surface area contributed by atoms with Gasteiger partial charge < -0.3 is 5.32 Å². The number of anilines is 1. The number of carbonyl (C=O) groups is 1. The Morgan fingerprint density at radius 3 is 2.85 bits per heavy atom. The normalized spacial score (nSPS) is 10.7. The van der Waals surface area contributed by atoms with Gasteiger partial charge in [-0.2, -0.15) is 5.10 Å². The molecule has 26 heavy (non-hydrogen) atoms. The third kappa shape index (κ3) is 4.23. The first-order chi connectivity index (χ1) is 12.6. The summed E-state index contributed by atoms with van der Waals surface area (Å²) in [5.74, 6) is 0.695. The van der Waals surface area contributed by atoms with Gasteiger partial charge in [-0.3, -0.25) is 14.5 Å². The molecule has 0 spiro atoms. The number of benzene rings is 2. The zero-order valence-electron chi connectivity index (χ0n) is 14.7. The molecule has 0 fully saturated rings. The van der Waals surface area contributed by atoms with E-state index in [0.717, 1.165) is 27.5 Å². The van der Waals surface area contributed by atoms with Crippen molar-refractivity contribution in [3.05, 3.63) is 58.9 Å². The van der Waals surface area contributed by atoms with Crippen molar-refractivity contribution < 1.29 is 4.79 Å². The summed E-state index contributed by atoms with van der Waals surface area (Å²) in [6.45, 7) is 2.50. The Kier molecular flexibility index (Phi) is 5.90. The van der Waals surface area contributed by atoms with E-state index in [-0.39, 0.29) is 5.91 Å². The number of aromatic nitrogens is 3. The molecule has 0 aliphatic heterocycles. The quantitative estimate of drug-likeness (QED) is 0.479. The topological polar surface area (TPSA) is 62.7 Å². The fraction of sp³-hybridized carbons (Fsp3) is 0.211. The van der Waals surface area contributed by atoms with Crippen molar-refractivity contribution in [2.24, 2.45) is 0 Å². The number of H-pyrrole nitrogens is 1. The minimum atomic E-state index is -0.0511. The van der Waals surface area contributed by atoms with Gasteiger partial charge in [0.1, 0.15) is 0 Å². The molecule has 2 aromatic carbocycles. The lowest BCUT2D eigenvalue weighted by Gasteiger charge is -2.10. The van der Waals surface area contributed by atoms with E-state index in [9.17, 15) is 4.79 Å². The summed E-state index contributed by atoms with van der Waals surface area (Å²) >= 11 is 6.94. The average Bonchev–Trinajstić information content (AvgIpc) is 3.01. The zero-order chi connectivity index (χ0) is 18.5. The summed E-state index contributed by atoms with van der Waals surface area (Å²) in [6, 6.07) is 15.8.